The molecule has 1 aliphatic heterocycles. The monoisotopic (exact) mass is 354 g/mol. The van der Waals surface area contributed by atoms with Crippen LogP contribution in [0.1, 0.15) is 11.9 Å². The van der Waals surface area contributed by atoms with Crippen LogP contribution in [-0.2, 0) is 20.4 Å². The van der Waals surface area contributed by atoms with Gasteiger partial charge in [-0.15, -0.1) is 0 Å². The predicted octanol–water partition coefficient (Wildman–Crippen LogP) is -3.24. The third-order valence-electron chi connectivity index (χ3n) is 3.22. The average molecular weight is 354 g/mol. The summed E-state index contributed by atoms with van der Waals surface area (Å²) in [5, 5.41) is 29.0. The number of rotatable bonds is 5. The quantitative estimate of drug-likeness (QED) is 0.293. The lowest BCUT2D eigenvalue weighted by atomic mass is 10.1. The van der Waals surface area contributed by atoms with Crippen LogP contribution in [0.3, 0.4) is 0 Å². The molecule has 0 unspecified atom stereocenters. The number of hydrogen-bond acceptors (Lipinski definition) is 8. The Morgan fingerprint density at radius 3 is 2.52 bits per heavy atom. The van der Waals surface area contributed by atoms with Crippen molar-refractivity contribution in [2.75, 3.05) is 6.61 Å². The molecule has 2 rings (SSSR count). The number of aromatic amines is 1. The first-order valence-electron chi connectivity index (χ1n) is 6.31. The van der Waals surface area contributed by atoms with Crippen molar-refractivity contribution in [3.63, 3.8) is 0 Å². The summed E-state index contributed by atoms with van der Waals surface area (Å²) in [7, 11) is -4.82. The summed E-state index contributed by atoms with van der Waals surface area (Å²) in [6, 6.07) is 0.906. The lowest BCUT2D eigenvalue weighted by Crippen LogP contribution is -2.39. The molecule has 4 atom stereocenters. The molecule has 0 amide bonds. The summed E-state index contributed by atoms with van der Waals surface area (Å²) in [5.74, 6) is 0. The molecule has 0 bridgehead atoms. The Hall–Kier alpha value is -1.37. The molecule has 0 spiro atoms. The van der Waals surface area contributed by atoms with E-state index in [1.807, 2.05) is 4.98 Å². The van der Waals surface area contributed by atoms with E-state index in [-0.39, 0.29) is 5.69 Å². The van der Waals surface area contributed by atoms with E-state index in [9.17, 15) is 29.5 Å². The Bertz CT molecular complexity index is 723. The van der Waals surface area contributed by atoms with E-state index >= 15 is 0 Å². The van der Waals surface area contributed by atoms with Crippen LogP contribution in [0.4, 0.5) is 0 Å². The fourth-order valence-corrected chi connectivity index (χ4v) is 2.55. The van der Waals surface area contributed by atoms with Crippen molar-refractivity contribution in [2.45, 2.75) is 31.1 Å². The molecule has 0 aliphatic carbocycles. The maximum absolute atomic E-state index is 11.9. The number of phosphoric acid groups is 1. The van der Waals surface area contributed by atoms with Gasteiger partial charge in [-0.2, -0.15) is 0 Å². The van der Waals surface area contributed by atoms with Crippen molar-refractivity contribution in [1.82, 2.24) is 9.55 Å². The maximum atomic E-state index is 11.9. The summed E-state index contributed by atoms with van der Waals surface area (Å²) >= 11 is 0. The minimum Gasteiger partial charge on any atom is -0.390 e. The van der Waals surface area contributed by atoms with Crippen molar-refractivity contribution in [3.05, 3.63) is 32.6 Å². The number of nitrogens with zero attached hydrogens (tertiary/aromatic N) is 1. The summed E-state index contributed by atoms with van der Waals surface area (Å²) < 4.78 is 20.8. The molecule has 1 fully saturated rings. The summed E-state index contributed by atoms with van der Waals surface area (Å²) in [6.45, 7) is -1.46. The largest absolute Gasteiger partial charge is 0.469 e. The van der Waals surface area contributed by atoms with Crippen molar-refractivity contribution in [1.29, 1.82) is 0 Å². The molecular formula is C10H15N2O10P. The number of ether oxygens (including phenoxy) is 1. The number of aromatic nitrogens is 2. The lowest BCUT2D eigenvalue weighted by molar-refractivity contribution is -0.0566. The third kappa shape index (κ3) is 3.94. The van der Waals surface area contributed by atoms with Gasteiger partial charge in [0.2, 0.25) is 0 Å². The van der Waals surface area contributed by atoms with Crippen molar-refractivity contribution < 1.29 is 38.9 Å². The minimum absolute atomic E-state index is 0.174. The molecule has 1 aromatic heterocycles. The van der Waals surface area contributed by atoms with Gasteiger partial charge in [-0.05, 0) is 0 Å². The van der Waals surface area contributed by atoms with Crippen molar-refractivity contribution in [2.24, 2.45) is 0 Å². The molecule has 6 N–H and O–H groups in total. The van der Waals surface area contributed by atoms with E-state index in [0.717, 1.165) is 10.6 Å². The highest BCUT2D eigenvalue weighted by Gasteiger charge is 2.45. The Balaban J connectivity index is 2.30. The predicted molar refractivity (Wildman–Crippen MR) is 71.2 cm³/mol. The molecule has 1 saturated heterocycles. The van der Waals surface area contributed by atoms with Crippen LogP contribution < -0.4 is 11.2 Å². The first-order valence-corrected chi connectivity index (χ1v) is 7.84. The molecule has 12 nitrogen and oxygen atoms in total. The Morgan fingerprint density at radius 1 is 1.30 bits per heavy atom. The second-order valence-electron chi connectivity index (χ2n) is 4.79. The van der Waals surface area contributed by atoms with Gasteiger partial charge < -0.3 is 29.8 Å². The number of phosphoric ester groups is 1. The first kappa shape index (κ1) is 18.0. The second-order valence-corrected chi connectivity index (χ2v) is 6.03. The molecule has 1 aromatic rings. The van der Waals surface area contributed by atoms with Gasteiger partial charge in [0.15, 0.2) is 6.23 Å². The van der Waals surface area contributed by atoms with Gasteiger partial charge in [-0.25, -0.2) is 9.36 Å². The van der Waals surface area contributed by atoms with Crippen LogP contribution in [0.2, 0.25) is 0 Å². The number of nitrogens with one attached hydrogen (secondary N) is 1. The number of hydrogen-bond donors (Lipinski definition) is 6. The van der Waals surface area contributed by atoms with Crippen molar-refractivity contribution >= 4 is 7.82 Å². The molecule has 0 radical (unpaired) electrons. The van der Waals surface area contributed by atoms with E-state index in [4.69, 9.17) is 14.5 Å². The minimum atomic E-state index is -4.82. The normalized spacial score (nSPS) is 28.2. The number of H-pyrrole nitrogens is 1. The zero-order valence-electron chi connectivity index (χ0n) is 11.5. The van der Waals surface area contributed by atoms with E-state index in [1.54, 1.807) is 0 Å². The Labute approximate surface area is 127 Å². The van der Waals surface area contributed by atoms with Crippen LogP contribution in [0.5, 0.6) is 0 Å². The lowest BCUT2D eigenvalue weighted by Gasteiger charge is -2.20. The molecule has 23 heavy (non-hydrogen) atoms. The van der Waals surface area contributed by atoms with Crippen LogP contribution in [0.15, 0.2) is 15.7 Å². The molecule has 0 saturated carbocycles. The molecule has 13 heteroatoms. The van der Waals surface area contributed by atoms with E-state index < -0.39 is 56.8 Å². The van der Waals surface area contributed by atoms with Crippen LogP contribution in [0.25, 0.3) is 0 Å². The van der Waals surface area contributed by atoms with Crippen LogP contribution in [0, 0.1) is 0 Å². The fourth-order valence-electron chi connectivity index (χ4n) is 2.20. The van der Waals surface area contributed by atoms with E-state index in [2.05, 4.69) is 4.52 Å². The van der Waals surface area contributed by atoms with Gasteiger partial charge in [-0.1, -0.05) is 0 Å². The van der Waals surface area contributed by atoms with Gasteiger partial charge in [0.05, 0.1) is 18.9 Å². The Morgan fingerprint density at radius 2 is 1.96 bits per heavy atom. The summed E-state index contributed by atoms with van der Waals surface area (Å²) in [4.78, 5) is 42.2. The fraction of sp³-hybridized carbons (Fsp3) is 0.600. The topological polar surface area (TPSA) is 192 Å². The zero-order chi connectivity index (χ0) is 17.4. The smallest absolute Gasteiger partial charge is 0.390 e. The standard InChI is InChI=1S/C10H15N2O10P/c13-2-4-1-6(14)11-10(17)12(4)9-8(16)7(15)5(22-9)3-21-23(18,19)20/h1,5,7-9,13,15-16H,2-3H2,(H,11,14,17)(H2,18,19,20)/t5-,7-,8-,9-/m1/s1. The third-order valence-corrected chi connectivity index (χ3v) is 3.70. The summed E-state index contributed by atoms with van der Waals surface area (Å²) in [6.07, 6.45) is -6.10. The van der Waals surface area contributed by atoms with Gasteiger partial charge in [0.25, 0.3) is 5.56 Å². The van der Waals surface area contributed by atoms with Crippen molar-refractivity contribution in [3.8, 4) is 0 Å². The van der Waals surface area contributed by atoms with Gasteiger partial charge in [0.1, 0.15) is 18.3 Å². The summed E-state index contributed by atoms with van der Waals surface area (Å²) in [5.41, 5.74) is -1.94. The maximum Gasteiger partial charge on any atom is 0.469 e. The SMILES string of the molecule is O=c1cc(CO)n([C@@H]2O[C@H](COP(=O)(O)O)[C@@H](O)[C@H]2O)c(=O)[nH]1. The zero-order valence-corrected chi connectivity index (χ0v) is 12.4. The second kappa shape index (κ2) is 6.63. The average Bonchev–Trinajstić information content (AvgIpc) is 2.71. The molecule has 1 aliphatic rings. The van der Waals surface area contributed by atoms with Crippen LogP contribution >= 0.6 is 7.82 Å². The molecule has 2 heterocycles. The van der Waals surface area contributed by atoms with Gasteiger partial charge in [0, 0.05) is 6.07 Å². The highest BCUT2D eigenvalue weighted by atomic mass is 31.2. The number of aliphatic hydroxyl groups excluding tert-OH is 3. The van der Waals surface area contributed by atoms with Crippen LogP contribution in [-0.4, -0.2) is 59.6 Å². The highest BCUT2D eigenvalue weighted by molar-refractivity contribution is 7.46. The molecule has 0 aromatic carbocycles. The first-order chi connectivity index (χ1) is 10.6. The molecular weight excluding hydrogens is 339 g/mol. The van der Waals surface area contributed by atoms with Gasteiger partial charge in [-0.3, -0.25) is 18.9 Å². The number of aliphatic hydroxyl groups is 3. The van der Waals surface area contributed by atoms with E-state index in [0.29, 0.717) is 0 Å². The molecule has 130 valence electrons. The Kier molecular flexibility index (Phi) is 5.18. The van der Waals surface area contributed by atoms with E-state index in [1.165, 1.54) is 0 Å². The highest BCUT2D eigenvalue weighted by Crippen LogP contribution is 2.38. The van der Waals surface area contributed by atoms with Gasteiger partial charge >= 0.3 is 13.5 Å².